The van der Waals surface area contributed by atoms with Crippen LogP contribution in [0, 0.1) is 0 Å². The van der Waals surface area contributed by atoms with Gasteiger partial charge in [-0.25, -0.2) is 4.79 Å². The highest BCUT2D eigenvalue weighted by Gasteiger charge is 2.30. The molecule has 1 aliphatic rings. The Morgan fingerprint density at radius 2 is 1.86 bits per heavy atom. The number of ketones is 1. The van der Waals surface area contributed by atoms with Gasteiger partial charge in [-0.05, 0) is 18.9 Å². The van der Waals surface area contributed by atoms with Crippen LogP contribution in [0.4, 0.5) is 0 Å². The van der Waals surface area contributed by atoms with Gasteiger partial charge < -0.3 is 14.2 Å². The Kier molecular flexibility index (Phi) is 5.47. The Bertz CT molecular complexity index is 477. The van der Waals surface area contributed by atoms with Crippen molar-refractivity contribution in [1.29, 1.82) is 0 Å². The summed E-state index contributed by atoms with van der Waals surface area (Å²) < 4.78 is 15.9. The van der Waals surface area contributed by atoms with E-state index in [-0.39, 0.29) is 13.0 Å². The third kappa shape index (κ3) is 4.95. The normalized spacial score (nSPS) is 16.6. The standard InChI is InChI=1S/C16H20O5/c1-16(20-10-11-21-16)9-5-8-14(17)15(18)19-12-13-6-3-2-4-7-13/h2-4,6-7H,5,8-12H2,1H3. The van der Waals surface area contributed by atoms with Crippen LogP contribution < -0.4 is 0 Å². The maximum absolute atomic E-state index is 11.7. The van der Waals surface area contributed by atoms with Gasteiger partial charge in [0.05, 0.1) is 13.2 Å². The number of ether oxygens (including phenoxy) is 3. The molecule has 1 saturated heterocycles. The van der Waals surface area contributed by atoms with Gasteiger partial charge in [0.25, 0.3) is 0 Å². The van der Waals surface area contributed by atoms with Crippen molar-refractivity contribution in [2.75, 3.05) is 13.2 Å². The first-order chi connectivity index (χ1) is 10.1. The fraction of sp³-hybridized carbons (Fsp3) is 0.500. The van der Waals surface area contributed by atoms with Gasteiger partial charge in [0.15, 0.2) is 5.79 Å². The lowest BCUT2D eigenvalue weighted by molar-refractivity contribution is -0.157. The summed E-state index contributed by atoms with van der Waals surface area (Å²) in [4.78, 5) is 23.3. The van der Waals surface area contributed by atoms with E-state index in [1.54, 1.807) is 0 Å². The van der Waals surface area contributed by atoms with E-state index in [4.69, 9.17) is 14.2 Å². The molecule has 0 unspecified atom stereocenters. The van der Waals surface area contributed by atoms with Crippen LogP contribution in [0.15, 0.2) is 30.3 Å². The van der Waals surface area contributed by atoms with Crippen LogP contribution in [0.2, 0.25) is 0 Å². The quantitative estimate of drug-likeness (QED) is 0.569. The van der Waals surface area contributed by atoms with E-state index < -0.39 is 17.5 Å². The van der Waals surface area contributed by atoms with Crippen molar-refractivity contribution in [2.24, 2.45) is 0 Å². The van der Waals surface area contributed by atoms with Gasteiger partial charge in [-0.3, -0.25) is 4.79 Å². The van der Waals surface area contributed by atoms with E-state index in [1.807, 2.05) is 37.3 Å². The number of carbonyl (C=O) groups excluding carboxylic acids is 2. The lowest BCUT2D eigenvalue weighted by atomic mass is 10.1. The molecule has 1 fully saturated rings. The molecule has 21 heavy (non-hydrogen) atoms. The van der Waals surface area contributed by atoms with Crippen LogP contribution in [0.1, 0.15) is 31.7 Å². The van der Waals surface area contributed by atoms with Gasteiger partial charge in [0.1, 0.15) is 6.61 Å². The van der Waals surface area contributed by atoms with Crippen LogP contribution in [0.3, 0.4) is 0 Å². The monoisotopic (exact) mass is 292 g/mol. The van der Waals surface area contributed by atoms with Gasteiger partial charge in [0.2, 0.25) is 5.78 Å². The summed E-state index contributed by atoms with van der Waals surface area (Å²) in [5.41, 5.74) is 0.860. The maximum atomic E-state index is 11.7. The maximum Gasteiger partial charge on any atom is 0.374 e. The molecule has 0 aromatic heterocycles. The molecule has 0 spiro atoms. The Morgan fingerprint density at radius 1 is 1.19 bits per heavy atom. The molecule has 1 aliphatic heterocycles. The minimum Gasteiger partial charge on any atom is -0.455 e. The zero-order valence-corrected chi connectivity index (χ0v) is 12.2. The number of hydrogen-bond acceptors (Lipinski definition) is 5. The second-order valence-electron chi connectivity index (χ2n) is 5.17. The highest BCUT2D eigenvalue weighted by atomic mass is 16.7. The highest BCUT2D eigenvalue weighted by Crippen LogP contribution is 2.24. The molecule has 0 atom stereocenters. The summed E-state index contributed by atoms with van der Waals surface area (Å²) in [5, 5.41) is 0. The first-order valence-electron chi connectivity index (χ1n) is 7.11. The predicted molar refractivity (Wildman–Crippen MR) is 75.4 cm³/mol. The average Bonchev–Trinajstić information content (AvgIpc) is 2.92. The zero-order chi connectivity index (χ0) is 15.1. The lowest BCUT2D eigenvalue weighted by Gasteiger charge is -2.21. The van der Waals surface area contributed by atoms with Gasteiger partial charge in [-0.2, -0.15) is 0 Å². The van der Waals surface area contributed by atoms with E-state index in [9.17, 15) is 9.59 Å². The number of Topliss-reactive ketones (excluding diaryl/α,β-unsaturated/α-hetero) is 1. The third-order valence-electron chi connectivity index (χ3n) is 3.37. The summed E-state index contributed by atoms with van der Waals surface area (Å²) in [6.45, 7) is 3.11. The summed E-state index contributed by atoms with van der Waals surface area (Å²) in [6.07, 6.45) is 1.27. The largest absolute Gasteiger partial charge is 0.455 e. The summed E-state index contributed by atoms with van der Waals surface area (Å²) in [5.74, 6) is -1.90. The number of rotatable bonds is 7. The Hall–Kier alpha value is -1.72. The second-order valence-corrected chi connectivity index (χ2v) is 5.17. The minimum atomic E-state index is -0.780. The van der Waals surface area contributed by atoms with Crippen molar-refractivity contribution in [2.45, 2.75) is 38.6 Å². The van der Waals surface area contributed by atoms with Crippen molar-refractivity contribution in [1.82, 2.24) is 0 Å². The van der Waals surface area contributed by atoms with Crippen molar-refractivity contribution in [3.8, 4) is 0 Å². The highest BCUT2D eigenvalue weighted by molar-refractivity contribution is 6.33. The van der Waals surface area contributed by atoms with Gasteiger partial charge in [-0.15, -0.1) is 0 Å². The molecule has 114 valence electrons. The first-order valence-corrected chi connectivity index (χ1v) is 7.11. The molecule has 0 amide bonds. The van der Waals surface area contributed by atoms with E-state index in [0.717, 1.165) is 5.56 Å². The van der Waals surface area contributed by atoms with Crippen molar-refractivity contribution >= 4 is 11.8 Å². The summed E-state index contributed by atoms with van der Waals surface area (Å²) in [6, 6.07) is 9.27. The molecule has 1 heterocycles. The van der Waals surface area contributed by atoms with Crippen LogP contribution in [0.25, 0.3) is 0 Å². The predicted octanol–water partition coefficient (Wildman–Crippen LogP) is 2.23. The van der Waals surface area contributed by atoms with Crippen LogP contribution in [0.5, 0.6) is 0 Å². The van der Waals surface area contributed by atoms with E-state index in [2.05, 4.69) is 0 Å². The fourth-order valence-electron chi connectivity index (χ4n) is 2.18. The van der Waals surface area contributed by atoms with Crippen LogP contribution in [-0.4, -0.2) is 30.8 Å². The molecule has 0 N–H and O–H groups in total. The Labute approximate surface area is 124 Å². The molecular formula is C16H20O5. The Balaban J connectivity index is 1.67. The molecule has 0 saturated carbocycles. The first kappa shape index (κ1) is 15.7. The molecule has 0 aliphatic carbocycles. The van der Waals surface area contributed by atoms with Gasteiger partial charge in [0, 0.05) is 12.8 Å². The number of benzene rings is 1. The topological polar surface area (TPSA) is 61.8 Å². The summed E-state index contributed by atoms with van der Waals surface area (Å²) in [7, 11) is 0. The van der Waals surface area contributed by atoms with Crippen LogP contribution >= 0.6 is 0 Å². The molecule has 2 rings (SSSR count). The fourth-order valence-corrected chi connectivity index (χ4v) is 2.18. The van der Waals surface area contributed by atoms with E-state index >= 15 is 0 Å². The van der Waals surface area contributed by atoms with Crippen molar-refractivity contribution in [3.05, 3.63) is 35.9 Å². The number of hydrogen-bond donors (Lipinski definition) is 0. The number of carbonyl (C=O) groups is 2. The smallest absolute Gasteiger partial charge is 0.374 e. The summed E-state index contributed by atoms with van der Waals surface area (Å²) >= 11 is 0. The average molecular weight is 292 g/mol. The molecule has 5 nitrogen and oxygen atoms in total. The van der Waals surface area contributed by atoms with Gasteiger partial charge in [-0.1, -0.05) is 30.3 Å². The molecule has 1 aromatic carbocycles. The number of esters is 1. The van der Waals surface area contributed by atoms with Crippen LogP contribution in [-0.2, 0) is 30.4 Å². The third-order valence-corrected chi connectivity index (χ3v) is 3.37. The SMILES string of the molecule is CC1(CCCC(=O)C(=O)OCc2ccccc2)OCCO1. The second kappa shape index (κ2) is 7.33. The van der Waals surface area contributed by atoms with Gasteiger partial charge >= 0.3 is 5.97 Å². The van der Waals surface area contributed by atoms with E-state index in [1.165, 1.54) is 0 Å². The molecule has 0 radical (unpaired) electrons. The zero-order valence-electron chi connectivity index (χ0n) is 12.2. The Morgan fingerprint density at radius 3 is 2.52 bits per heavy atom. The molecule has 0 bridgehead atoms. The van der Waals surface area contributed by atoms with Crippen molar-refractivity contribution in [3.63, 3.8) is 0 Å². The molecule has 5 heteroatoms. The molecule has 1 aromatic rings. The molecular weight excluding hydrogens is 272 g/mol. The lowest BCUT2D eigenvalue weighted by Crippen LogP contribution is -2.26. The van der Waals surface area contributed by atoms with Crippen molar-refractivity contribution < 1.29 is 23.8 Å². The van der Waals surface area contributed by atoms with E-state index in [0.29, 0.717) is 26.1 Å². The minimum absolute atomic E-state index is 0.120.